The lowest BCUT2D eigenvalue weighted by Crippen LogP contribution is -2.39. The molecule has 0 bridgehead atoms. The number of rotatable bonds is 1. The number of nitrogens with one attached hydrogen (secondary N) is 1. The van der Waals surface area contributed by atoms with Gasteiger partial charge in [-0.25, -0.2) is 4.39 Å². The van der Waals surface area contributed by atoms with Crippen molar-refractivity contribution in [1.82, 2.24) is 9.88 Å². The molecule has 0 aliphatic carbocycles. The summed E-state index contributed by atoms with van der Waals surface area (Å²) < 4.78 is 13.3. The van der Waals surface area contributed by atoms with E-state index in [1.807, 2.05) is 11.8 Å². The highest BCUT2D eigenvalue weighted by molar-refractivity contribution is 6.00. The van der Waals surface area contributed by atoms with Crippen molar-refractivity contribution in [1.29, 1.82) is 0 Å². The zero-order valence-electron chi connectivity index (χ0n) is 11.9. The zero-order chi connectivity index (χ0) is 14.3. The number of aromatic amines is 1. The fourth-order valence-electron chi connectivity index (χ4n) is 3.04. The van der Waals surface area contributed by atoms with Crippen LogP contribution in [-0.4, -0.2) is 28.9 Å². The van der Waals surface area contributed by atoms with Crippen molar-refractivity contribution in [3.8, 4) is 0 Å². The van der Waals surface area contributed by atoms with Crippen LogP contribution in [0.15, 0.2) is 18.2 Å². The van der Waals surface area contributed by atoms with E-state index in [0.717, 1.165) is 36.0 Å². The Morgan fingerprint density at radius 2 is 2.25 bits per heavy atom. The molecule has 106 valence electrons. The van der Waals surface area contributed by atoms with Gasteiger partial charge in [0.15, 0.2) is 0 Å². The Labute approximate surface area is 117 Å². The number of amides is 1. The summed E-state index contributed by atoms with van der Waals surface area (Å²) in [6, 6.07) is 4.58. The monoisotopic (exact) mass is 274 g/mol. The van der Waals surface area contributed by atoms with Crippen LogP contribution in [0.4, 0.5) is 4.39 Å². The van der Waals surface area contributed by atoms with E-state index in [0.29, 0.717) is 11.6 Å². The second-order valence-electron chi connectivity index (χ2n) is 5.81. The van der Waals surface area contributed by atoms with Crippen LogP contribution in [0.25, 0.3) is 10.9 Å². The van der Waals surface area contributed by atoms with Crippen LogP contribution in [0, 0.1) is 18.7 Å². The zero-order valence-corrected chi connectivity index (χ0v) is 11.9. The van der Waals surface area contributed by atoms with Crippen LogP contribution in [-0.2, 0) is 0 Å². The molecule has 1 unspecified atom stereocenters. The molecule has 0 spiro atoms. The van der Waals surface area contributed by atoms with Crippen molar-refractivity contribution in [2.45, 2.75) is 26.7 Å². The van der Waals surface area contributed by atoms with Crippen molar-refractivity contribution in [3.63, 3.8) is 0 Å². The van der Waals surface area contributed by atoms with Gasteiger partial charge in [-0.2, -0.15) is 0 Å². The third kappa shape index (κ3) is 2.19. The van der Waals surface area contributed by atoms with Crippen LogP contribution in [0.5, 0.6) is 0 Å². The highest BCUT2D eigenvalue weighted by Gasteiger charge is 2.25. The number of nitrogens with zero attached hydrogens (tertiary/aromatic N) is 1. The highest BCUT2D eigenvalue weighted by atomic mass is 19.1. The minimum Gasteiger partial charge on any atom is -0.350 e. The summed E-state index contributed by atoms with van der Waals surface area (Å²) in [5, 5.41) is 0.790. The van der Waals surface area contributed by atoms with E-state index in [1.54, 1.807) is 6.07 Å². The van der Waals surface area contributed by atoms with Gasteiger partial charge in [0, 0.05) is 24.0 Å². The van der Waals surface area contributed by atoms with E-state index in [9.17, 15) is 9.18 Å². The average molecular weight is 274 g/mol. The van der Waals surface area contributed by atoms with Gasteiger partial charge in [0.25, 0.3) is 5.91 Å². The van der Waals surface area contributed by atoms with Gasteiger partial charge in [0.1, 0.15) is 11.5 Å². The van der Waals surface area contributed by atoms with Gasteiger partial charge in [-0.05, 0) is 49.4 Å². The number of aromatic nitrogens is 1. The molecule has 1 aromatic heterocycles. The molecule has 1 saturated heterocycles. The van der Waals surface area contributed by atoms with Crippen molar-refractivity contribution in [3.05, 3.63) is 35.3 Å². The maximum absolute atomic E-state index is 13.3. The van der Waals surface area contributed by atoms with Gasteiger partial charge >= 0.3 is 0 Å². The first-order valence-electron chi connectivity index (χ1n) is 7.13. The molecule has 1 aromatic carbocycles. The van der Waals surface area contributed by atoms with E-state index in [1.165, 1.54) is 18.6 Å². The summed E-state index contributed by atoms with van der Waals surface area (Å²) in [5.74, 6) is 0.311. The van der Waals surface area contributed by atoms with Gasteiger partial charge in [0.05, 0.1) is 0 Å². The lowest BCUT2D eigenvalue weighted by atomic mass is 10.00. The number of carbonyl (C=O) groups excluding carboxylic acids is 1. The van der Waals surface area contributed by atoms with Crippen LogP contribution in [0.2, 0.25) is 0 Å². The van der Waals surface area contributed by atoms with Gasteiger partial charge in [0.2, 0.25) is 0 Å². The Hall–Kier alpha value is -1.84. The quantitative estimate of drug-likeness (QED) is 0.849. The molecule has 1 amide bonds. The van der Waals surface area contributed by atoms with Crippen molar-refractivity contribution in [2.24, 2.45) is 5.92 Å². The molecule has 20 heavy (non-hydrogen) atoms. The van der Waals surface area contributed by atoms with Crippen molar-refractivity contribution in [2.75, 3.05) is 13.1 Å². The van der Waals surface area contributed by atoms with Gasteiger partial charge in [-0.3, -0.25) is 4.79 Å². The number of hydrogen-bond donors (Lipinski definition) is 1. The minimum absolute atomic E-state index is 0.0330. The normalized spacial score (nSPS) is 19.6. The average Bonchev–Trinajstić information content (AvgIpc) is 2.75. The number of carbonyl (C=O) groups is 1. The van der Waals surface area contributed by atoms with Crippen molar-refractivity contribution < 1.29 is 9.18 Å². The van der Waals surface area contributed by atoms with E-state index >= 15 is 0 Å². The molecule has 2 heterocycles. The summed E-state index contributed by atoms with van der Waals surface area (Å²) in [6.45, 7) is 5.67. The van der Waals surface area contributed by atoms with E-state index in [4.69, 9.17) is 0 Å². The van der Waals surface area contributed by atoms with Crippen LogP contribution >= 0.6 is 0 Å². The lowest BCUT2D eigenvalue weighted by Gasteiger charge is -2.30. The number of fused-ring (bicyclic) bond motifs is 1. The molecule has 1 N–H and O–H groups in total. The Kier molecular flexibility index (Phi) is 3.24. The molecule has 0 saturated carbocycles. The molecule has 4 heteroatoms. The number of aryl methyl sites for hydroxylation is 1. The maximum Gasteiger partial charge on any atom is 0.270 e. The largest absolute Gasteiger partial charge is 0.350 e. The summed E-state index contributed by atoms with van der Waals surface area (Å²) in [7, 11) is 0. The predicted molar refractivity (Wildman–Crippen MR) is 77.3 cm³/mol. The Bertz CT molecular complexity index is 662. The van der Waals surface area contributed by atoms with Crippen LogP contribution in [0.1, 0.15) is 35.8 Å². The Morgan fingerprint density at radius 1 is 1.45 bits per heavy atom. The van der Waals surface area contributed by atoms with Gasteiger partial charge < -0.3 is 9.88 Å². The fraction of sp³-hybridized carbons (Fsp3) is 0.438. The first kappa shape index (κ1) is 13.2. The third-order valence-electron chi connectivity index (χ3n) is 4.18. The first-order chi connectivity index (χ1) is 9.56. The smallest absolute Gasteiger partial charge is 0.270 e. The van der Waals surface area contributed by atoms with Crippen LogP contribution in [0.3, 0.4) is 0 Å². The lowest BCUT2D eigenvalue weighted by molar-refractivity contribution is 0.0677. The molecule has 2 aromatic rings. The molecule has 1 fully saturated rings. The second kappa shape index (κ2) is 4.93. The van der Waals surface area contributed by atoms with E-state index in [2.05, 4.69) is 11.9 Å². The standard InChI is InChI=1S/C16H19FN2O/c1-10-4-3-7-19(9-10)16(20)15-11(2)13-8-12(17)5-6-14(13)18-15/h5-6,8,10,18H,3-4,7,9H2,1-2H3. The molecular weight excluding hydrogens is 255 g/mol. The fourth-order valence-corrected chi connectivity index (χ4v) is 3.04. The maximum atomic E-state index is 13.3. The SMILES string of the molecule is Cc1c(C(=O)N2CCCC(C)C2)[nH]c2ccc(F)cc12. The number of hydrogen-bond acceptors (Lipinski definition) is 1. The Morgan fingerprint density at radius 3 is 3.00 bits per heavy atom. The molecule has 3 nitrogen and oxygen atoms in total. The highest BCUT2D eigenvalue weighted by Crippen LogP contribution is 2.25. The molecule has 0 radical (unpaired) electrons. The number of likely N-dealkylation sites (tertiary alicyclic amines) is 1. The number of H-pyrrole nitrogens is 1. The molecule has 3 rings (SSSR count). The Balaban J connectivity index is 1.97. The van der Waals surface area contributed by atoms with Crippen molar-refractivity contribution >= 4 is 16.8 Å². The summed E-state index contributed by atoms with van der Waals surface area (Å²) in [4.78, 5) is 17.7. The molecule has 1 atom stereocenters. The van der Waals surface area contributed by atoms with E-state index < -0.39 is 0 Å². The minimum atomic E-state index is -0.273. The second-order valence-corrected chi connectivity index (χ2v) is 5.81. The summed E-state index contributed by atoms with van der Waals surface area (Å²) >= 11 is 0. The molecule has 1 aliphatic heterocycles. The number of benzene rings is 1. The molecule has 1 aliphatic rings. The number of piperidine rings is 1. The molecular formula is C16H19FN2O. The topological polar surface area (TPSA) is 36.1 Å². The van der Waals surface area contributed by atoms with Gasteiger partial charge in [-0.1, -0.05) is 6.92 Å². The summed E-state index contributed by atoms with van der Waals surface area (Å²) in [6.07, 6.45) is 2.24. The van der Waals surface area contributed by atoms with E-state index in [-0.39, 0.29) is 11.7 Å². The summed E-state index contributed by atoms with van der Waals surface area (Å²) in [5.41, 5.74) is 2.25. The third-order valence-corrected chi connectivity index (χ3v) is 4.18. The van der Waals surface area contributed by atoms with Crippen LogP contribution < -0.4 is 0 Å². The first-order valence-corrected chi connectivity index (χ1v) is 7.13. The van der Waals surface area contributed by atoms with Gasteiger partial charge in [-0.15, -0.1) is 0 Å². The number of halogens is 1. The predicted octanol–water partition coefficient (Wildman–Crippen LogP) is 3.49.